The SMILES string of the molecule is c1ccc(C2=NC(c3ccccc3)=NC(c3cccc(-c4ccc5oc6cc7oc8ccc(-c9ccccc9)cc8c7cc6c5c4)c3)C2)cc1. The number of amidine groups is 1. The van der Waals surface area contributed by atoms with Crippen molar-refractivity contribution in [3.8, 4) is 22.3 Å². The van der Waals surface area contributed by atoms with E-state index in [4.69, 9.17) is 18.8 Å². The summed E-state index contributed by atoms with van der Waals surface area (Å²) < 4.78 is 12.7. The first-order chi connectivity index (χ1) is 24.7. The minimum absolute atomic E-state index is 0.0558. The van der Waals surface area contributed by atoms with Crippen LogP contribution in [0.3, 0.4) is 0 Å². The van der Waals surface area contributed by atoms with Crippen LogP contribution in [0, 0.1) is 0 Å². The third-order valence-corrected chi connectivity index (χ3v) is 9.82. The standard InChI is InChI=1S/C46H30N2O2/c1-4-11-29(12-5-1)33-19-21-42-36(24-33)38-26-39-37-25-34(20-22-43(37)50-45(39)28-44(38)49-42)32-17-10-18-35(23-32)41-27-40(30-13-6-2-7-14-30)47-46(48-41)31-15-8-3-9-16-31/h1-26,28,41H,27H2. The van der Waals surface area contributed by atoms with Crippen LogP contribution in [-0.4, -0.2) is 11.5 Å². The Kier molecular flexibility index (Phi) is 6.59. The van der Waals surface area contributed by atoms with E-state index < -0.39 is 0 Å². The molecule has 4 heteroatoms. The molecule has 3 heterocycles. The molecule has 1 atom stereocenters. The van der Waals surface area contributed by atoms with Gasteiger partial charge in [0.1, 0.15) is 22.3 Å². The monoisotopic (exact) mass is 642 g/mol. The maximum atomic E-state index is 6.38. The van der Waals surface area contributed by atoms with Crippen molar-refractivity contribution >= 4 is 55.4 Å². The number of hydrogen-bond acceptors (Lipinski definition) is 4. The lowest BCUT2D eigenvalue weighted by Crippen LogP contribution is -2.17. The van der Waals surface area contributed by atoms with E-state index in [-0.39, 0.29) is 6.04 Å². The van der Waals surface area contributed by atoms with Gasteiger partial charge in [0.15, 0.2) is 5.84 Å². The van der Waals surface area contributed by atoms with Crippen molar-refractivity contribution in [2.75, 3.05) is 0 Å². The fourth-order valence-electron chi connectivity index (χ4n) is 7.27. The Morgan fingerprint density at radius 2 is 0.920 bits per heavy atom. The summed E-state index contributed by atoms with van der Waals surface area (Å²) in [6.45, 7) is 0. The fraction of sp³-hybridized carbons (Fsp3) is 0.0435. The molecule has 9 aromatic rings. The Morgan fingerprint density at radius 3 is 1.56 bits per heavy atom. The van der Waals surface area contributed by atoms with Gasteiger partial charge in [-0.2, -0.15) is 0 Å². The van der Waals surface area contributed by atoms with Crippen LogP contribution >= 0.6 is 0 Å². The van der Waals surface area contributed by atoms with Crippen LogP contribution in [0.1, 0.15) is 29.2 Å². The zero-order valence-electron chi connectivity index (χ0n) is 27.1. The molecule has 0 saturated carbocycles. The van der Waals surface area contributed by atoms with Crippen LogP contribution in [0.25, 0.3) is 66.1 Å². The third-order valence-electron chi connectivity index (χ3n) is 9.82. The van der Waals surface area contributed by atoms with Gasteiger partial charge < -0.3 is 8.83 Å². The molecular weight excluding hydrogens is 613 g/mol. The molecule has 4 nitrogen and oxygen atoms in total. The van der Waals surface area contributed by atoms with Crippen LogP contribution in [0.5, 0.6) is 0 Å². The van der Waals surface area contributed by atoms with Crippen molar-refractivity contribution in [2.24, 2.45) is 9.98 Å². The minimum atomic E-state index is -0.0558. The lowest BCUT2D eigenvalue weighted by atomic mass is 9.93. The quantitative estimate of drug-likeness (QED) is 0.188. The molecule has 0 aliphatic carbocycles. The number of hydrogen-bond donors (Lipinski definition) is 0. The van der Waals surface area contributed by atoms with Crippen LogP contribution in [0.4, 0.5) is 0 Å². The average Bonchev–Trinajstić information content (AvgIpc) is 3.74. The highest BCUT2D eigenvalue weighted by Crippen LogP contribution is 2.40. The van der Waals surface area contributed by atoms with Gasteiger partial charge in [-0.05, 0) is 69.8 Å². The van der Waals surface area contributed by atoms with Crippen molar-refractivity contribution in [3.05, 3.63) is 180 Å². The van der Waals surface area contributed by atoms with Crippen molar-refractivity contribution in [1.82, 2.24) is 0 Å². The van der Waals surface area contributed by atoms with Crippen molar-refractivity contribution < 1.29 is 8.83 Å². The zero-order chi connectivity index (χ0) is 33.0. The van der Waals surface area contributed by atoms with Crippen LogP contribution < -0.4 is 0 Å². The number of benzene rings is 7. The normalized spacial score (nSPS) is 14.8. The molecule has 1 aliphatic rings. The van der Waals surface area contributed by atoms with Gasteiger partial charge in [0.05, 0.1) is 11.8 Å². The second kappa shape index (κ2) is 11.6. The van der Waals surface area contributed by atoms with Crippen molar-refractivity contribution in [3.63, 3.8) is 0 Å². The topological polar surface area (TPSA) is 51.0 Å². The predicted octanol–water partition coefficient (Wildman–Crippen LogP) is 12.2. The van der Waals surface area contributed by atoms with E-state index in [2.05, 4.69) is 127 Å². The molecule has 50 heavy (non-hydrogen) atoms. The predicted molar refractivity (Wildman–Crippen MR) is 205 cm³/mol. The lowest BCUT2D eigenvalue weighted by molar-refractivity contribution is 0.656. The van der Waals surface area contributed by atoms with Gasteiger partial charge in [0.25, 0.3) is 0 Å². The molecule has 0 N–H and O–H groups in total. The van der Waals surface area contributed by atoms with Gasteiger partial charge in [-0.1, -0.05) is 121 Å². The summed E-state index contributed by atoms with van der Waals surface area (Å²) in [5, 5.41) is 4.34. The van der Waals surface area contributed by atoms with E-state index in [0.29, 0.717) is 0 Å². The second-order valence-electron chi connectivity index (χ2n) is 12.9. The summed E-state index contributed by atoms with van der Waals surface area (Å²) in [5.41, 5.74) is 12.4. The molecule has 1 unspecified atom stereocenters. The third kappa shape index (κ3) is 4.92. The number of fused-ring (bicyclic) bond motifs is 6. The average molecular weight is 643 g/mol. The van der Waals surface area contributed by atoms with Crippen LogP contribution in [-0.2, 0) is 0 Å². The van der Waals surface area contributed by atoms with Gasteiger partial charge in [0.2, 0.25) is 0 Å². The Labute approximate surface area is 288 Å². The summed E-state index contributed by atoms with van der Waals surface area (Å²) in [6, 6.07) is 57.0. The molecule has 236 valence electrons. The van der Waals surface area contributed by atoms with E-state index in [1.807, 2.05) is 36.4 Å². The zero-order valence-corrected chi connectivity index (χ0v) is 27.1. The molecule has 0 fully saturated rings. The summed E-state index contributed by atoms with van der Waals surface area (Å²) >= 11 is 0. The molecule has 7 aromatic carbocycles. The van der Waals surface area contributed by atoms with Crippen LogP contribution in [0.2, 0.25) is 0 Å². The smallest absolute Gasteiger partial charge is 0.155 e. The first-order valence-electron chi connectivity index (χ1n) is 17.0. The maximum Gasteiger partial charge on any atom is 0.155 e. The van der Waals surface area contributed by atoms with Gasteiger partial charge >= 0.3 is 0 Å². The second-order valence-corrected chi connectivity index (χ2v) is 12.9. The Balaban J connectivity index is 1.05. The lowest BCUT2D eigenvalue weighted by Gasteiger charge is -2.22. The summed E-state index contributed by atoms with van der Waals surface area (Å²) in [5.74, 6) is 0.770. The summed E-state index contributed by atoms with van der Waals surface area (Å²) in [7, 11) is 0. The molecule has 2 aromatic heterocycles. The Bertz CT molecular complexity index is 2770. The number of furan rings is 2. The highest BCUT2D eigenvalue weighted by molar-refractivity contribution is 6.16. The van der Waals surface area contributed by atoms with Gasteiger partial charge in [-0.3, -0.25) is 4.99 Å². The first-order valence-corrected chi connectivity index (χ1v) is 17.0. The highest BCUT2D eigenvalue weighted by atomic mass is 16.3. The summed E-state index contributed by atoms with van der Waals surface area (Å²) in [4.78, 5) is 10.2. The fourth-order valence-corrected chi connectivity index (χ4v) is 7.27. The van der Waals surface area contributed by atoms with E-state index in [1.54, 1.807) is 0 Å². The maximum absolute atomic E-state index is 6.38. The number of rotatable bonds is 5. The largest absolute Gasteiger partial charge is 0.456 e. The van der Waals surface area contributed by atoms with E-state index >= 15 is 0 Å². The molecule has 0 amide bonds. The highest BCUT2D eigenvalue weighted by Gasteiger charge is 2.23. The van der Waals surface area contributed by atoms with Crippen LogP contribution in [0.15, 0.2) is 183 Å². The summed E-state index contributed by atoms with van der Waals surface area (Å²) in [6.07, 6.45) is 0.732. The number of nitrogens with zero attached hydrogens (tertiary/aromatic N) is 2. The molecule has 10 rings (SSSR count). The molecule has 0 saturated heterocycles. The van der Waals surface area contributed by atoms with Gasteiger partial charge in [0, 0.05) is 39.6 Å². The molecule has 1 aliphatic heterocycles. The van der Waals surface area contributed by atoms with Crippen molar-refractivity contribution in [2.45, 2.75) is 12.5 Å². The first kappa shape index (κ1) is 28.5. The van der Waals surface area contributed by atoms with E-state index in [0.717, 1.165) is 89.7 Å². The molecule has 0 radical (unpaired) electrons. The van der Waals surface area contributed by atoms with E-state index in [1.165, 1.54) is 11.1 Å². The molecule has 0 bridgehead atoms. The molecular formula is C46H30N2O2. The Morgan fingerprint density at radius 1 is 0.400 bits per heavy atom. The Hall–Kier alpha value is -6.52. The van der Waals surface area contributed by atoms with Crippen molar-refractivity contribution in [1.29, 1.82) is 0 Å². The van der Waals surface area contributed by atoms with Gasteiger partial charge in [-0.25, -0.2) is 4.99 Å². The number of aliphatic imine (C=N–C) groups is 2. The minimum Gasteiger partial charge on any atom is -0.456 e. The van der Waals surface area contributed by atoms with E-state index in [9.17, 15) is 0 Å². The molecule has 0 spiro atoms. The van der Waals surface area contributed by atoms with Gasteiger partial charge in [-0.15, -0.1) is 0 Å².